The molecule has 1 aliphatic rings. The number of anilines is 1. The molecule has 2 atom stereocenters. The second kappa shape index (κ2) is 5.96. The van der Waals surface area contributed by atoms with E-state index in [1.54, 1.807) is 19.5 Å². The maximum atomic E-state index is 5.18. The van der Waals surface area contributed by atoms with Gasteiger partial charge in [0.2, 0.25) is 5.95 Å². The molecule has 0 amide bonds. The summed E-state index contributed by atoms with van der Waals surface area (Å²) < 4.78 is 5.18. The Hall–Kier alpha value is -1.16. The van der Waals surface area contributed by atoms with Crippen LogP contribution in [-0.2, 0) is 4.74 Å². The third-order valence-corrected chi connectivity index (χ3v) is 3.45. The average molecular weight is 235 g/mol. The van der Waals surface area contributed by atoms with Gasteiger partial charge in [0.15, 0.2) is 0 Å². The van der Waals surface area contributed by atoms with Gasteiger partial charge in [-0.15, -0.1) is 0 Å². The highest BCUT2D eigenvalue weighted by Gasteiger charge is 2.28. The van der Waals surface area contributed by atoms with Crippen molar-refractivity contribution in [3.63, 3.8) is 0 Å². The summed E-state index contributed by atoms with van der Waals surface area (Å²) >= 11 is 0. The van der Waals surface area contributed by atoms with Crippen LogP contribution in [0.2, 0.25) is 0 Å². The van der Waals surface area contributed by atoms with E-state index in [4.69, 9.17) is 4.74 Å². The molecule has 2 unspecified atom stereocenters. The van der Waals surface area contributed by atoms with Crippen molar-refractivity contribution in [2.75, 3.05) is 25.2 Å². The Morgan fingerprint density at radius 3 is 2.71 bits per heavy atom. The summed E-state index contributed by atoms with van der Waals surface area (Å²) in [6.07, 6.45) is 7.40. The first-order valence-corrected chi connectivity index (χ1v) is 6.34. The minimum atomic E-state index is 0.572. The monoisotopic (exact) mass is 235 g/mol. The summed E-state index contributed by atoms with van der Waals surface area (Å²) in [4.78, 5) is 11.0. The molecule has 0 bridgehead atoms. The van der Waals surface area contributed by atoms with Gasteiger partial charge in [-0.05, 0) is 31.2 Å². The van der Waals surface area contributed by atoms with Crippen LogP contribution in [-0.4, -0.2) is 36.3 Å². The predicted molar refractivity (Wildman–Crippen MR) is 68.1 cm³/mol. The quantitative estimate of drug-likeness (QED) is 0.783. The molecule has 1 saturated carbocycles. The van der Waals surface area contributed by atoms with Gasteiger partial charge in [-0.25, -0.2) is 9.97 Å². The third-order valence-electron chi connectivity index (χ3n) is 3.45. The Labute approximate surface area is 103 Å². The standard InChI is InChI=1S/C13H21N3O/c1-11-4-5-12(10-11)16(8-9-17-2)13-14-6-3-7-15-13/h3,6-7,11-12H,4-5,8-10H2,1-2H3. The molecule has 0 N–H and O–H groups in total. The molecule has 17 heavy (non-hydrogen) atoms. The molecule has 1 aromatic rings. The van der Waals surface area contributed by atoms with Crippen LogP contribution in [0.1, 0.15) is 26.2 Å². The van der Waals surface area contributed by atoms with Crippen LogP contribution in [0.4, 0.5) is 5.95 Å². The Morgan fingerprint density at radius 1 is 1.35 bits per heavy atom. The number of aromatic nitrogens is 2. The number of rotatable bonds is 5. The molecule has 2 rings (SSSR count). The average Bonchev–Trinajstić information content (AvgIpc) is 2.78. The van der Waals surface area contributed by atoms with Crippen LogP contribution in [0.25, 0.3) is 0 Å². The lowest BCUT2D eigenvalue weighted by atomic mass is 10.1. The molecule has 1 heterocycles. The Balaban J connectivity index is 2.08. The van der Waals surface area contributed by atoms with Crippen LogP contribution in [0, 0.1) is 5.92 Å². The van der Waals surface area contributed by atoms with Gasteiger partial charge in [0, 0.05) is 32.1 Å². The van der Waals surface area contributed by atoms with E-state index in [2.05, 4.69) is 21.8 Å². The van der Waals surface area contributed by atoms with Crippen LogP contribution >= 0.6 is 0 Å². The summed E-state index contributed by atoms with van der Waals surface area (Å²) in [6, 6.07) is 2.43. The fraction of sp³-hybridized carbons (Fsp3) is 0.692. The maximum absolute atomic E-state index is 5.18. The van der Waals surface area contributed by atoms with Crippen molar-refractivity contribution in [3.8, 4) is 0 Å². The third kappa shape index (κ3) is 3.16. The Kier molecular flexibility index (Phi) is 4.31. The SMILES string of the molecule is COCCN(c1ncccn1)C1CCC(C)C1. The van der Waals surface area contributed by atoms with Crippen LogP contribution in [0.15, 0.2) is 18.5 Å². The summed E-state index contributed by atoms with van der Waals surface area (Å²) in [5.41, 5.74) is 0. The molecule has 0 saturated heterocycles. The van der Waals surface area contributed by atoms with Gasteiger partial charge in [0.1, 0.15) is 0 Å². The fourth-order valence-corrected chi connectivity index (χ4v) is 2.54. The van der Waals surface area contributed by atoms with E-state index in [-0.39, 0.29) is 0 Å². The van der Waals surface area contributed by atoms with Crippen molar-refractivity contribution >= 4 is 5.95 Å². The number of nitrogens with zero attached hydrogens (tertiary/aromatic N) is 3. The van der Waals surface area contributed by atoms with Gasteiger partial charge in [0.05, 0.1) is 6.61 Å². The number of methoxy groups -OCH3 is 1. The fourth-order valence-electron chi connectivity index (χ4n) is 2.54. The lowest BCUT2D eigenvalue weighted by molar-refractivity contribution is 0.202. The van der Waals surface area contributed by atoms with Crippen molar-refractivity contribution in [2.24, 2.45) is 5.92 Å². The van der Waals surface area contributed by atoms with Crippen molar-refractivity contribution < 1.29 is 4.74 Å². The molecule has 1 fully saturated rings. The van der Waals surface area contributed by atoms with E-state index >= 15 is 0 Å². The largest absolute Gasteiger partial charge is 0.383 e. The van der Waals surface area contributed by atoms with E-state index in [0.29, 0.717) is 6.04 Å². The highest BCUT2D eigenvalue weighted by Crippen LogP contribution is 2.30. The molecular weight excluding hydrogens is 214 g/mol. The second-order valence-electron chi connectivity index (χ2n) is 4.81. The van der Waals surface area contributed by atoms with E-state index in [9.17, 15) is 0 Å². The number of hydrogen-bond donors (Lipinski definition) is 0. The van der Waals surface area contributed by atoms with E-state index in [1.165, 1.54) is 19.3 Å². The van der Waals surface area contributed by atoms with Crippen LogP contribution in [0.5, 0.6) is 0 Å². The Morgan fingerprint density at radius 2 is 2.12 bits per heavy atom. The first-order valence-electron chi connectivity index (χ1n) is 6.34. The first kappa shape index (κ1) is 12.3. The van der Waals surface area contributed by atoms with E-state index < -0.39 is 0 Å². The smallest absolute Gasteiger partial charge is 0.225 e. The van der Waals surface area contributed by atoms with Gasteiger partial charge < -0.3 is 9.64 Å². The zero-order valence-electron chi connectivity index (χ0n) is 10.7. The molecule has 0 radical (unpaired) electrons. The van der Waals surface area contributed by atoms with Crippen molar-refractivity contribution in [1.29, 1.82) is 0 Å². The zero-order valence-corrected chi connectivity index (χ0v) is 10.7. The van der Waals surface area contributed by atoms with Crippen molar-refractivity contribution in [3.05, 3.63) is 18.5 Å². The van der Waals surface area contributed by atoms with E-state index in [1.807, 2.05) is 6.07 Å². The molecule has 94 valence electrons. The topological polar surface area (TPSA) is 38.2 Å². The van der Waals surface area contributed by atoms with Crippen LogP contribution in [0.3, 0.4) is 0 Å². The minimum Gasteiger partial charge on any atom is -0.383 e. The van der Waals surface area contributed by atoms with Crippen molar-refractivity contribution in [2.45, 2.75) is 32.2 Å². The summed E-state index contributed by atoms with van der Waals surface area (Å²) in [5, 5.41) is 0. The van der Waals surface area contributed by atoms with E-state index in [0.717, 1.165) is 25.0 Å². The van der Waals surface area contributed by atoms with Crippen molar-refractivity contribution in [1.82, 2.24) is 9.97 Å². The van der Waals surface area contributed by atoms with Crippen LogP contribution < -0.4 is 4.90 Å². The normalized spacial score (nSPS) is 23.9. The van der Waals surface area contributed by atoms with Gasteiger partial charge in [-0.2, -0.15) is 0 Å². The number of hydrogen-bond acceptors (Lipinski definition) is 4. The number of ether oxygens (including phenoxy) is 1. The van der Waals surface area contributed by atoms with Gasteiger partial charge in [-0.3, -0.25) is 0 Å². The summed E-state index contributed by atoms with van der Waals surface area (Å²) in [6.45, 7) is 3.92. The lowest BCUT2D eigenvalue weighted by Crippen LogP contribution is -2.37. The molecule has 0 spiro atoms. The molecule has 1 aromatic heterocycles. The second-order valence-corrected chi connectivity index (χ2v) is 4.81. The molecule has 4 nitrogen and oxygen atoms in total. The van der Waals surface area contributed by atoms with Gasteiger partial charge in [0.25, 0.3) is 0 Å². The molecular formula is C13H21N3O. The highest BCUT2D eigenvalue weighted by molar-refractivity contribution is 5.31. The minimum absolute atomic E-state index is 0.572. The Bertz CT molecular complexity index is 331. The summed E-state index contributed by atoms with van der Waals surface area (Å²) in [5.74, 6) is 1.65. The predicted octanol–water partition coefficient (Wildman–Crippen LogP) is 2.12. The summed E-state index contributed by atoms with van der Waals surface area (Å²) in [7, 11) is 1.74. The molecule has 4 heteroatoms. The molecule has 0 aromatic carbocycles. The maximum Gasteiger partial charge on any atom is 0.225 e. The first-order chi connectivity index (χ1) is 8.31. The lowest BCUT2D eigenvalue weighted by Gasteiger charge is -2.28. The highest BCUT2D eigenvalue weighted by atomic mass is 16.5. The van der Waals surface area contributed by atoms with Gasteiger partial charge in [-0.1, -0.05) is 6.92 Å². The zero-order chi connectivity index (χ0) is 12.1. The molecule has 1 aliphatic carbocycles. The van der Waals surface area contributed by atoms with Gasteiger partial charge >= 0.3 is 0 Å². The molecule has 0 aliphatic heterocycles.